The summed E-state index contributed by atoms with van der Waals surface area (Å²) in [7, 11) is 0. The number of thiazole rings is 1. The van der Waals surface area contributed by atoms with Crippen molar-refractivity contribution in [3.63, 3.8) is 0 Å². The summed E-state index contributed by atoms with van der Waals surface area (Å²) in [6.07, 6.45) is 0. The largest absolute Gasteiger partial charge is 0.236 e. The van der Waals surface area contributed by atoms with Crippen molar-refractivity contribution >= 4 is 27.3 Å². The highest BCUT2D eigenvalue weighted by Gasteiger charge is 2.13. The minimum absolute atomic E-state index is 0.301. The smallest absolute Gasteiger partial charge is 0.134 e. The second-order valence-electron chi connectivity index (χ2n) is 4.32. The molecule has 3 rings (SSSR count). The molecule has 0 atom stereocenters. The third-order valence-corrected chi connectivity index (χ3v) is 4.51. The summed E-state index contributed by atoms with van der Waals surface area (Å²) in [6.45, 7) is 0. The van der Waals surface area contributed by atoms with Crippen molar-refractivity contribution in [3.05, 3.63) is 63.7 Å². The minimum atomic E-state index is -0.301. The molecule has 0 aliphatic carbocycles. The van der Waals surface area contributed by atoms with Crippen molar-refractivity contribution in [2.24, 2.45) is 0 Å². The lowest BCUT2D eigenvalue weighted by molar-refractivity contribution is 0.630. The van der Waals surface area contributed by atoms with Crippen molar-refractivity contribution in [2.75, 3.05) is 0 Å². The Morgan fingerprint density at radius 1 is 1.14 bits per heavy atom. The molecule has 5 heteroatoms. The van der Waals surface area contributed by atoms with E-state index in [0.717, 1.165) is 11.3 Å². The Morgan fingerprint density at radius 2 is 1.90 bits per heavy atom. The number of hydrogen-bond acceptors (Lipinski definition) is 3. The fourth-order valence-corrected chi connectivity index (χ4v) is 3.49. The molecule has 0 fully saturated rings. The number of nitrogens with zero attached hydrogens (tertiary/aromatic N) is 2. The van der Waals surface area contributed by atoms with Crippen LogP contribution in [0.5, 0.6) is 0 Å². The molecule has 1 aromatic heterocycles. The highest BCUT2D eigenvalue weighted by Crippen LogP contribution is 2.35. The van der Waals surface area contributed by atoms with Gasteiger partial charge in [0.1, 0.15) is 10.8 Å². The number of benzene rings is 2. The van der Waals surface area contributed by atoms with Crippen molar-refractivity contribution in [3.8, 4) is 27.9 Å². The number of aromatic nitrogens is 1. The van der Waals surface area contributed by atoms with Gasteiger partial charge in [-0.3, -0.25) is 0 Å². The van der Waals surface area contributed by atoms with E-state index in [-0.39, 0.29) is 5.82 Å². The van der Waals surface area contributed by atoms with Gasteiger partial charge in [-0.2, -0.15) is 5.26 Å². The van der Waals surface area contributed by atoms with Crippen LogP contribution in [0.25, 0.3) is 21.8 Å². The van der Waals surface area contributed by atoms with Gasteiger partial charge in [-0.25, -0.2) is 9.37 Å². The van der Waals surface area contributed by atoms with Crippen LogP contribution in [0.4, 0.5) is 4.39 Å². The zero-order chi connectivity index (χ0) is 14.8. The number of hydrogen-bond donors (Lipinski definition) is 0. The maximum atomic E-state index is 13.9. The molecule has 0 saturated heterocycles. The Morgan fingerprint density at radius 3 is 2.57 bits per heavy atom. The normalized spacial score (nSPS) is 10.3. The molecule has 0 unspecified atom stereocenters. The molecule has 1 heterocycles. The van der Waals surface area contributed by atoms with Crippen LogP contribution in [0.3, 0.4) is 0 Å². The summed E-state index contributed by atoms with van der Waals surface area (Å²) >= 11 is 4.75. The number of nitriles is 1. The molecule has 0 aliphatic heterocycles. The molecule has 3 aromatic rings. The van der Waals surface area contributed by atoms with Crippen LogP contribution in [0.2, 0.25) is 0 Å². The standard InChI is InChI=1S/C16H8BrFN2S/c17-12-2-1-3-13(18)15(12)16-20-14(9-21-16)11-6-4-10(8-19)5-7-11/h1-7,9H. The van der Waals surface area contributed by atoms with E-state index < -0.39 is 0 Å². The first kappa shape index (κ1) is 13.9. The third-order valence-electron chi connectivity index (χ3n) is 2.99. The SMILES string of the molecule is N#Cc1ccc(-c2csc(-c3c(F)cccc3Br)n2)cc1. The van der Waals surface area contributed by atoms with E-state index >= 15 is 0 Å². The Labute approximate surface area is 133 Å². The van der Waals surface area contributed by atoms with Gasteiger partial charge in [0, 0.05) is 15.4 Å². The summed E-state index contributed by atoms with van der Waals surface area (Å²) in [4.78, 5) is 4.49. The molecule has 21 heavy (non-hydrogen) atoms. The molecule has 0 amide bonds. The zero-order valence-corrected chi connectivity index (χ0v) is 13.1. The summed E-state index contributed by atoms with van der Waals surface area (Å²) in [5.74, 6) is -0.301. The second kappa shape index (κ2) is 5.76. The van der Waals surface area contributed by atoms with Crippen LogP contribution < -0.4 is 0 Å². The van der Waals surface area contributed by atoms with Gasteiger partial charge in [-0.05, 0) is 40.2 Å². The van der Waals surface area contributed by atoms with Crippen LogP contribution in [-0.2, 0) is 0 Å². The molecule has 0 saturated carbocycles. The lowest BCUT2D eigenvalue weighted by Crippen LogP contribution is -1.86. The van der Waals surface area contributed by atoms with Crippen LogP contribution >= 0.6 is 27.3 Å². The maximum Gasteiger partial charge on any atom is 0.134 e. The third kappa shape index (κ3) is 2.73. The van der Waals surface area contributed by atoms with E-state index in [9.17, 15) is 4.39 Å². The molecule has 102 valence electrons. The topological polar surface area (TPSA) is 36.7 Å². The fourth-order valence-electron chi connectivity index (χ4n) is 1.94. The first-order chi connectivity index (χ1) is 10.2. The molecule has 0 radical (unpaired) electrons. The molecule has 2 nitrogen and oxygen atoms in total. The van der Waals surface area contributed by atoms with E-state index in [2.05, 4.69) is 27.0 Å². The van der Waals surface area contributed by atoms with Crippen molar-refractivity contribution in [1.82, 2.24) is 4.98 Å². The Balaban J connectivity index is 2.02. The monoisotopic (exact) mass is 358 g/mol. The summed E-state index contributed by atoms with van der Waals surface area (Å²) in [5, 5.41) is 11.3. The highest BCUT2D eigenvalue weighted by atomic mass is 79.9. The molecule has 0 N–H and O–H groups in total. The van der Waals surface area contributed by atoms with Crippen LogP contribution in [0.15, 0.2) is 52.3 Å². The van der Waals surface area contributed by atoms with Gasteiger partial charge in [0.2, 0.25) is 0 Å². The lowest BCUT2D eigenvalue weighted by atomic mass is 10.1. The second-order valence-corrected chi connectivity index (χ2v) is 6.04. The Hall–Kier alpha value is -2.03. The van der Waals surface area contributed by atoms with Crippen LogP contribution in [0.1, 0.15) is 5.56 Å². The highest BCUT2D eigenvalue weighted by molar-refractivity contribution is 9.10. The van der Waals surface area contributed by atoms with Gasteiger partial charge in [0.25, 0.3) is 0 Å². The maximum absolute atomic E-state index is 13.9. The van der Waals surface area contributed by atoms with E-state index in [1.807, 2.05) is 17.5 Å². The fraction of sp³-hybridized carbons (Fsp3) is 0. The molecule has 0 spiro atoms. The Bertz CT molecular complexity index is 814. The zero-order valence-electron chi connectivity index (χ0n) is 10.7. The van der Waals surface area contributed by atoms with Crippen molar-refractivity contribution < 1.29 is 4.39 Å². The van der Waals surface area contributed by atoms with E-state index in [1.54, 1.807) is 24.3 Å². The molecule has 0 aliphatic rings. The van der Waals surface area contributed by atoms with Crippen LogP contribution in [-0.4, -0.2) is 4.98 Å². The molecule has 2 aromatic carbocycles. The van der Waals surface area contributed by atoms with E-state index in [1.165, 1.54) is 17.4 Å². The van der Waals surface area contributed by atoms with Crippen LogP contribution in [0, 0.1) is 17.1 Å². The number of halogens is 2. The van der Waals surface area contributed by atoms with E-state index in [4.69, 9.17) is 5.26 Å². The summed E-state index contributed by atoms with van der Waals surface area (Å²) in [5.41, 5.74) is 2.76. The summed E-state index contributed by atoms with van der Waals surface area (Å²) < 4.78 is 14.6. The van der Waals surface area contributed by atoms with E-state index in [0.29, 0.717) is 20.6 Å². The van der Waals surface area contributed by atoms with Gasteiger partial charge >= 0.3 is 0 Å². The molecular formula is C16H8BrFN2S. The number of rotatable bonds is 2. The first-order valence-corrected chi connectivity index (χ1v) is 7.77. The van der Waals surface area contributed by atoms with Crippen molar-refractivity contribution in [2.45, 2.75) is 0 Å². The van der Waals surface area contributed by atoms with Gasteiger partial charge in [0.05, 0.1) is 22.9 Å². The average molecular weight is 359 g/mol. The molecule has 0 bridgehead atoms. The Kier molecular flexibility index (Phi) is 3.82. The predicted octanol–water partition coefficient (Wildman–Crippen LogP) is 5.25. The van der Waals surface area contributed by atoms with Gasteiger partial charge in [0.15, 0.2) is 0 Å². The first-order valence-electron chi connectivity index (χ1n) is 6.09. The summed E-state index contributed by atoms with van der Waals surface area (Å²) in [6, 6.07) is 14.1. The molecular weight excluding hydrogens is 351 g/mol. The predicted molar refractivity (Wildman–Crippen MR) is 85.4 cm³/mol. The minimum Gasteiger partial charge on any atom is -0.236 e. The quantitative estimate of drug-likeness (QED) is 0.627. The average Bonchev–Trinajstić information content (AvgIpc) is 2.97. The van der Waals surface area contributed by atoms with Gasteiger partial charge < -0.3 is 0 Å². The lowest BCUT2D eigenvalue weighted by Gasteiger charge is -2.01. The van der Waals surface area contributed by atoms with Gasteiger partial charge in [-0.15, -0.1) is 11.3 Å². The van der Waals surface area contributed by atoms with Crippen molar-refractivity contribution in [1.29, 1.82) is 5.26 Å². The van der Waals surface area contributed by atoms with Gasteiger partial charge in [-0.1, -0.05) is 18.2 Å².